The summed E-state index contributed by atoms with van der Waals surface area (Å²) in [5.74, 6) is -0.196. The number of aliphatic hydroxyl groups is 2. The van der Waals surface area contributed by atoms with Gasteiger partial charge in [0.2, 0.25) is 0 Å². The molecule has 4 heteroatoms. The summed E-state index contributed by atoms with van der Waals surface area (Å²) < 4.78 is 19.8. The predicted molar refractivity (Wildman–Crippen MR) is 97.8 cm³/mol. The van der Waals surface area contributed by atoms with E-state index in [9.17, 15) is 4.39 Å². The zero-order valence-corrected chi connectivity index (χ0v) is 14.7. The number of hydrogen-bond donors (Lipinski definition) is 2. The highest BCUT2D eigenvalue weighted by Gasteiger charge is 2.08. The van der Waals surface area contributed by atoms with Gasteiger partial charge in [0.25, 0.3) is 0 Å². The van der Waals surface area contributed by atoms with Crippen molar-refractivity contribution >= 4 is 0 Å². The van der Waals surface area contributed by atoms with Crippen LogP contribution < -0.4 is 0 Å². The standard InChI is InChI=1S/C21H27FO3/c1-2-3-4-5-16-8-11-20(21(22)12-16)18-9-6-17(7-10-18)15-25-19(13-23)14-24/h6-12,19,23-24H,2-5,13-15H2,1H3. The number of benzene rings is 2. The summed E-state index contributed by atoms with van der Waals surface area (Å²) >= 11 is 0. The fraction of sp³-hybridized carbons (Fsp3) is 0.429. The van der Waals surface area contributed by atoms with Gasteiger partial charge in [-0.15, -0.1) is 0 Å². The van der Waals surface area contributed by atoms with Crippen molar-refractivity contribution in [3.63, 3.8) is 0 Å². The zero-order valence-electron chi connectivity index (χ0n) is 14.7. The van der Waals surface area contributed by atoms with Crippen LogP contribution >= 0.6 is 0 Å². The average molecular weight is 346 g/mol. The number of halogens is 1. The maximum Gasteiger partial charge on any atom is 0.131 e. The first-order valence-electron chi connectivity index (χ1n) is 8.89. The molecule has 0 aliphatic rings. The second-order valence-electron chi connectivity index (χ2n) is 6.27. The third kappa shape index (κ3) is 5.92. The van der Waals surface area contributed by atoms with Crippen LogP contribution in [0, 0.1) is 5.82 Å². The van der Waals surface area contributed by atoms with Crippen molar-refractivity contribution in [2.45, 2.75) is 45.3 Å². The highest BCUT2D eigenvalue weighted by Crippen LogP contribution is 2.25. The van der Waals surface area contributed by atoms with Gasteiger partial charge in [-0.2, -0.15) is 0 Å². The molecule has 0 bridgehead atoms. The molecule has 0 aliphatic carbocycles. The Morgan fingerprint density at radius 1 is 0.960 bits per heavy atom. The molecule has 0 amide bonds. The van der Waals surface area contributed by atoms with Gasteiger partial charge in [0.15, 0.2) is 0 Å². The summed E-state index contributed by atoms with van der Waals surface area (Å²) in [6.45, 7) is 2.02. The lowest BCUT2D eigenvalue weighted by atomic mass is 10.00. The average Bonchev–Trinajstić information content (AvgIpc) is 2.64. The lowest BCUT2D eigenvalue weighted by molar-refractivity contribution is -0.0284. The Labute approximate surface area is 149 Å². The summed E-state index contributed by atoms with van der Waals surface area (Å²) in [6, 6.07) is 12.9. The van der Waals surface area contributed by atoms with E-state index in [0.29, 0.717) is 12.2 Å². The molecule has 0 fully saturated rings. The topological polar surface area (TPSA) is 49.7 Å². The van der Waals surface area contributed by atoms with Gasteiger partial charge >= 0.3 is 0 Å². The normalized spacial score (nSPS) is 11.2. The first-order valence-corrected chi connectivity index (χ1v) is 8.89. The highest BCUT2D eigenvalue weighted by atomic mass is 19.1. The van der Waals surface area contributed by atoms with Crippen LogP contribution in [0.3, 0.4) is 0 Å². The Morgan fingerprint density at radius 3 is 2.24 bits per heavy atom. The fourth-order valence-corrected chi connectivity index (χ4v) is 2.69. The van der Waals surface area contributed by atoms with Gasteiger partial charge in [-0.3, -0.25) is 0 Å². The van der Waals surface area contributed by atoms with Crippen LogP contribution in [0.1, 0.15) is 37.3 Å². The molecular weight excluding hydrogens is 319 g/mol. The Balaban J connectivity index is 2.01. The van der Waals surface area contributed by atoms with E-state index in [1.165, 1.54) is 6.42 Å². The van der Waals surface area contributed by atoms with E-state index in [0.717, 1.165) is 36.0 Å². The molecule has 0 aliphatic heterocycles. The molecule has 0 radical (unpaired) electrons. The van der Waals surface area contributed by atoms with E-state index in [2.05, 4.69) is 6.92 Å². The van der Waals surface area contributed by atoms with E-state index >= 15 is 0 Å². The summed E-state index contributed by atoms with van der Waals surface area (Å²) in [4.78, 5) is 0. The van der Waals surface area contributed by atoms with Crippen molar-refractivity contribution < 1.29 is 19.3 Å². The summed E-state index contributed by atoms with van der Waals surface area (Å²) in [7, 11) is 0. The molecule has 2 rings (SSSR count). The molecule has 2 N–H and O–H groups in total. The number of unbranched alkanes of at least 4 members (excludes halogenated alkanes) is 2. The summed E-state index contributed by atoms with van der Waals surface area (Å²) in [5, 5.41) is 18.0. The Bertz CT molecular complexity index is 636. The van der Waals surface area contributed by atoms with Crippen molar-refractivity contribution in [3.05, 3.63) is 59.4 Å². The highest BCUT2D eigenvalue weighted by molar-refractivity contribution is 5.64. The zero-order chi connectivity index (χ0) is 18.1. The Kier molecular flexibility index (Phi) is 8.06. The molecule has 2 aromatic carbocycles. The molecule has 136 valence electrons. The molecule has 0 spiro atoms. The SMILES string of the molecule is CCCCCc1ccc(-c2ccc(COC(CO)CO)cc2)c(F)c1. The maximum absolute atomic E-state index is 14.4. The van der Waals surface area contributed by atoms with Crippen LogP contribution in [0.2, 0.25) is 0 Å². The molecule has 0 saturated heterocycles. The smallest absolute Gasteiger partial charge is 0.131 e. The van der Waals surface area contributed by atoms with Crippen molar-refractivity contribution in [1.82, 2.24) is 0 Å². The lowest BCUT2D eigenvalue weighted by Crippen LogP contribution is -2.21. The largest absolute Gasteiger partial charge is 0.394 e. The minimum atomic E-state index is -0.572. The molecule has 0 atom stereocenters. The molecule has 0 heterocycles. The van der Waals surface area contributed by atoms with Crippen LogP contribution in [0.5, 0.6) is 0 Å². The van der Waals surface area contributed by atoms with Gasteiger partial charge in [-0.05, 0) is 35.6 Å². The maximum atomic E-state index is 14.4. The molecule has 0 saturated carbocycles. The molecule has 0 unspecified atom stereocenters. The number of rotatable bonds is 10. The van der Waals surface area contributed by atoms with Crippen molar-refractivity contribution in [1.29, 1.82) is 0 Å². The number of aliphatic hydroxyl groups excluding tert-OH is 2. The van der Waals surface area contributed by atoms with Crippen LogP contribution in [-0.2, 0) is 17.8 Å². The lowest BCUT2D eigenvalue weighted by Gasteiger charge is -2.13. The van der Waals surface area contributed by atoms with Gasteiger partial charge in [0, 0.05) is 5.56 Å². The number of aryl methyl sites for hydroxylation is 1. The van der Waals surface area contributed by atoms with E-state index < -0.39 is 6.10 Å². The molecule has 3 nitrogen and oxygen atoms in total. The first kappa shape index (κ1) is 19.6. The molecule has 2 aromatic rings. The van der Waals surface area contributed by atoms with Crippen LogP contribution in [0.25, 0.3) is 11.1 Å². The van der Waals surface area contributed by atoms with Crippen molar-refractivity contribution in [2.24, 2.45) is 0 Å². The van der Waals surface area contributed by atoms with Gasteiger partial charge in [0.05, 0.1) is 19.8 Å². The molecule has 25 heavy (non-hydrogen) atoms. The second kappa shape index (κ2) is 10.3. The first-order chi connectivity index (χ1) is 12.2. The third-order valence-electron chi connectivity index (χ3n) is 4.26. The Hall–Kier alpha value is -1.75. The minimum Gasteiger partial charge on any atom is -0.394 e. The fourth-order valence-electron chi connectivity index (χ4n) is 2.69. The van der Waals surface area contributed by atoms with E-state index in [1.54, 1.807) is 6.07 Å². The predicted octanol–water partition coefficient (Wildman–Crippen LogP) is 4.10. The van der Waals surface area contributed by atoms with Gasteiger partial charge < -0.3 is 14.9 Å². The van der Waals surface area contributed by atoms with Gasteiger partial charge in [-0.25, -0.2) is 4.39 Å². The summed E-state index contributed by atoms with van der Waals surface area (Å²) in [6.07, 6.45) is 3.76. The summed E-state index contributed by atoms with van der Waals surface area (Å²) in [5.41, 5.74) is 3.36. The Morgan fingerprint density at radius 2 is 1.64 bits per heavy atom. The second-order valence-corrected chi connectivity index (χ2v) is 6.27. The van der Waals surface area contributed by atoms with Crippen molar-refractivity contribution in [3.8, 4) is 11.1 Å². The number of hydrogen-bond acceptors (Lipinski definition) is 3. The minimum absolute atomic E-state index is 0.196. The van der Waals surface area contributed by atoms with E-state index in [-0.39, 0.29) is 19.0 Å². The molecular formula is C21H27FO3. The van der Waals surface area contributed by atoms with Gasteiger partial charge in [0.1, 0.15) is 11.9 Å². The van der Waals surface area contributed by atoms with E-state index in [1.807, 2.05) is 36.4 Å². The molecule has 0 aromatic heterocycles. The van der Waals surface area contributed by atoms with Crippen LogP contribution in [0.15, 0.2) is 42.5 Å². The third-order valence-corrected chi connectivity index (χ3v) is 4.26. The van der Waals surface area contributed by atoms with Crippen LogP contribution in [0.4, 0.5) is 4.39 Å². The van der Waals surface area contributed by atoms with E-state index in [4.69, 9.17) is 14.9 Å². The number of ether oxygens (including phenoxy) is 1. The monoisotopic (exact) mass is 346 g/mol. The van der Waals surface area contributed by atoms with Crippen LogP contribution in [-0.4, -0.2) is 29.5 Å². The van der Waals surface area contributed by atoms with Gasteiger partial charge in [-0.1, -0.05) is 56.2 Å². The quantitative estimate of drug-likeness (QED) is 0.637. The van der Waals surface area contributed by atoms with Crippen molar-refractivity contribution in [2.75, 3.05) is 13.2 Å².